The van der Waals surface area contributed by atoms with Crippen molar-refractivity contribution in [3.63, 3.8) is 0 Å². The largest absolute Gasteiger partial charge is 0.338 e. The number of fused-ring (bicyclic) bond motifs is 1. The summed E-state index contributed by atoms with van der Waals surface area (Å²) in [5, 5.41) is 3.68. The molecule has 0 aliphatic carbocycles. The van der Waals surface area contributed by atoms with Gasteiger partial charge in [-0.15, -0.1) is 0 Å². The Morgan fingerprint density at radius 2 is 2.14 bits per heavy atom. The Labute approximate surface area is 162 Å². The molecule has 1 amide bonds. The molecule has 1 fully saturated rings. The number of nitrogens with zero attached hydrogens (tertiary/aromatic N) is 6. The van der Waals surface area contributed by atoms with Crippen LogP contribution in [0.5, 0.6) is 0 Å². The molecular formula is C17H14ClF3N6O. The molecule has 7 nitrogen and oxygen atoms in total. The van der Waals surface area contributed by atoms with Crippen molar-refractivity contribution in [1.29, 1.82) is 0 Å². The van der Waals surface area contributed by atoms with Crippen molar-refractivity contribution in [2.75, 3.05) is 13.1 Å². The molecule has 146 valence electrons. The van der Waals surface area contributed by atoms with Gasteiger partial charge in [0, 0.05) is 25.2 Å². The standard InChI is InChI=1S/C17H14ClF3N6O/c18-14-13(19)10(3-4-22-14)16(28)26-5-1-2-9(7-26)12-6-11(15(20)21)25-17-23-8-24-27(12)17/h3-4,6,8-9,15H,1-2,5,7H2/t9-/m0/s1. The number of alkyl halides is 2. The predicted octanol–water partition coefficient (Wildman–Crippen LogP) is 3.27. The highest BCUT2D eigenvalue weighted by molar-refractivity contribution is 6.29. The first kappa shape index (κ1) is 18.6. The second kappa shape index (κ2) is 7.34. The highest BCUT2D eigenvalue weighted by Gasteiger charge is 2.30. The van der Waals surface area contributed by atoms with Gasteiger partial charge in [-0.25, -0.2) is 27.7 Å². The van der Waals surface area contributed by atoms with Crippen LogP contribution in [0.2, 0.25) is 5.15 Å². The van der Waals surface area contributed by atoms with Crippen molar-refractivity contribution in [3.05, 3.63) is 52.6 Å². The fourth-order valence-electron chi connectivity index (χ4n) is 3.41. The van der Waals surface area contributed by atoms with Gasteiger partial charge >= 0.3 is 0 Å². The Morgan fingerprint density at radius 1 is 1.32 bits per heavy atom. The Kier molecular flexibility index (Phi) is 4.88. The van der Waals surface area contributed by atoms with Crippen molar-refractivity contribution in [3.8, 4) is 0 Å². The van der Waals surface area contributed by atoms with E-state index >= 15 is 0 Å². The van der Waals surface area contributed by atoms with E-state index in [4.69, 9.17) is 11.6 Å². The lowest BCUT2D eigenvalue weighted by molar-refractivity contribution is 0.0699. The molecule has 1 aliphatic heterocycles. The van der Waals surface area contributed by atoms with E-state index in [9.17, 15) is 18.0 Å². The maximum Gasteiger partial charge on any atom is 0.280 e. The highest BCUT2D eigenvalue weighted by atomic mass is 35.5. The minimum absolute atomic E-state index is 0.0724. The monoisotopic (exact) mass is 410 g/mol. The van der Waals surface area contributed by atoms with Gasteiger partial charge < -0.3 is 4.90 Å². The van der Waals surface area contributed by atoms with Crippen molar-refractivity contribution < 1.29 is 18.0 Å². The number of likely N-dealkylation sites (tertiary alicyclic amines) is 1. The number of pyridine rings is 1. The number of aromatic nitrogens is 5. The molecule has 4 rings (SSSR count). The molecule has 11 heteroatoms. The molecule has 0 N–H and O–H groups in total. The van der Waals surface area contributed by atoms with E-state index in [1.54, 1.807) is 0 Å². The van der Waals surface area contributed by atoms with Crippen LogP contribution >= 0.6 is 11.6 Å². The molecule has 0 aromatic carbocycles. The minimum atomic E-state index is -2.75. The summed E-state index contributed by atoms with van der Waals surface area (Å²) in [4.78, 5) is 25.6. The maximum atomic E-state index is 14.2. The van der Waals surface area contributed by atoms with E-state index in [-0.39, 0.29) is 29.0 Å². The average Bonchev–Trinajstić information content (AvgIpc) is 3.17. The van der Waals surface area contributed by atoms with E-state index in [0.717, 1.165) is 0 Å². The first-order chi connectivity index (χ1) is 13.5. The van der Waals surface area contributed by atoms with Gasteiger partial charge in [-0.1, -0.05) is 11.6 Å². The van der Waals surface area contributed by atoms with E-state index < -0.39 is 23.8 Å². The molecule has 0 unspecified atom stereocenters. The van der Waals surface area contributed by atoms with E-state index in [2.05, 4.69) is 20.1 Å². The first-order valence-corrected chi connectivity index (χ1v) is 8.91. The number of amides is 1. The van der Waals surface area contributed by atoms with Crippen LogP contribution in [-0.2, 0) is 0 Å². The molecular weight excluding hydrogens is 397 g/mol. The summed E-state index contributed by atoms with van der Waals surface area (Å²) in [5.41, 5.74) is -0.0796. The van der Waals surface area contributed by atoms with Crippen LogP contribution in [0.25, 0.3) is 5.78 Å². The second-order valence-electron chi connectivity index (χ2n) is 6.43. The summed E-state index contributed by atoms with van der Waals surface area (Å²) in [6.07, 6.45) is 1.03. The van der Waals surface area contributed by atoms with Gasteiger partial charge in [-0.05, 0) is 25.0 Å². The average molecular weight is 411 g/mol. The van der Waals surface area contributed by atoms with Crippen LogP contribution in [0.15, 0.2) is 24.7 Å². The third-order valence-corrected chi connectivity index (χ3v) is 4.99. The van der Waals surface area contributed by atoms with Crippen molar-refractivity contribution in [2.24, 2.45) is 0 Å². The van der Waals surface area contributed by atoms with Gasteiger partial charge in [0.1, 0.15) is 12.0 Å². The molecule has 1 aliphatic rings. The van der Waals surface area contributed by atoms with Crippen LogP contribution in [-0.4, -0.2) is 48.5 Å². The molecule has 3 aromatic rings. The van der Waals surface area contributed by atoms with Crippen molar-refractivity contribution >= 4 is 23.3 Å². The van der Waals surface area contributed by atoms with E-state index in [1.807, 2.05) is 0 Å². The number of carbonyl (C=O) groups excluding carboxylic acids is 1. The highest BCUT2D eigenvalue weighted by Crippen LogP contribution is 2.30. The zero-order valence-corrected chi connectivity index (χ0v) is 15.2. The van der Waals surface area contributed by atoms with Crippen LogP contribution < -0.4 is 0 Å². The summed E-state index contributed by atoms with van der Waals surface area (Å²) < 4.78 is 42.0. The van der Waals surface area contributed by atoms with Crippen molar-refractivity contribution in [1.82, 2.24) is 29.5 Å². The molecule has 4 heterocycles. The molecule has 1 saturated heterocycles. The molecule has 0 bridgehead atoms. The first-order valence-electron chi connectivity index (χ1n) is 8.53. The van der Waals surface area contributed by atoms with E-state index in [1.165, 1.54) is 34.1 Å². The molecule has 3 aromatic heterocycles. The lowest BCUT2D eigenvalue weighted by Crippen LogP contribution is -2.40. The number of carbonyl (C=O) groups is 1. The maximum absolute atomic E-state index is 14.2. The van der Waals surface area contributed by atoms with Gasteiger partial charge in [0.2, 0.25) is 0 Å². The van der Waals surface area contributed by atoms with Crippen LogP contribution in [0, 0.1) is 5.82 Å². The Bertz CT molecular complexity index is 1040. The number of hydrogen-bond acceptors (Lipinski definition) is 5. The quantitative estimate of drug-likeness (QED) is 0.619. The Morgan fingerprint density at radius 3 is 2.93 bits per heavy atom. The number of rotatable bonds is 3. The fourth-order valence-corrected chi connectivity index (χ4v) is 3.57. The molecule has 0 saturated carbocycles. The van der Waals surface area contributed by atoms with Crippen LogP contribution in [0.1, 0.15) is 46.9 Å². The second-order valence-corrected chi connectivity index (χ2v) is 6.79. The third kappa shape index (κ3) is 3.28. The molecule has 0 radical (unpaired) electrons. The van der Waals surface area contributed by atoms with Gasteiger partial charge in [0.15, 0.2) is 11.0 Å². The van der Waals surface area contributed by atoms with Gasteiger partial charge in [-0.3, -0.25) is 4.79 Å². The van der Waals surface area contributed by atoms with Gasteiger partial charge in [-0.2, -0.15) is 10.1 Å². The minimum Gasteiger partial charge on any atom is -0.338 e. The molecule has 0 spiro atoms. The Hall–Kier alpha value is -2.75. The lowest BCUT2D eigenvalue weighted by atomic mass is 9.93. The van der Waals surface area contributed by atoms with Crippen LogP contribution in [0.3, 0.4) is 0 Å². The SMILES string of the molecule is O=C(c1ccnc(Cl)c1F)N1CCC[C@H](c2cc(C(F)F)nc3ncnn23)C1. The van der Waals surface area contributed by atoms with Gasteiger partial charge in [0.05, 0.1) is 11.3 Å². The number of halogens is 4. The smallest absolute Gasteiger partial charge is 0.280 e. The summed E-state index contributed by atoms with van der Waals surface area (Å²) in [6.45, 7) is 0.641. The fraction of sp³-hybridized carbons (Fsp3) is 0.353. The zero-order valence-electron chi connectivity index (χ0n) is 14.4. The molecule has 1 atom stereocenters. The summed E-state index contributed by atoms with van der Waals surface area (Å²) in [6, 6.07) is 2.55. The van der Waals surface area contributed by atoms with E-state index in [0.29, 0.717) is 25.1 Å². The third-order valence-electron chi connectivity index (χ3n) is 4.73. The summed E-state index contributed by atoms with van der Waals surface area (Å²) >= 11 is 5.67. The molecule has 28 heavy (non-hydrogen) atoms. The summed E-state index contributed by atoms with van der Waals surface area (Å²) in [7, 11) is 0. The topological polar surface area (TPSA) is 76.3 Å². The predicted molar refractivity (Wildman–Crippen MR) is 92.8 cm³/mol. The van der Waals surface area contributed by atoms with Gasteiger partial charge in [0.25, 0.3) is 18.1 Å². The number of hydrogen-bond donors (Lipinski definition) is 0. The van der Waals surface area contributed by atoms with Crippen LogP contribution in [0.4, 0.5) is 13.2 Å². The normalized spacial score (nSPS) is 17.5. The lowest BCUT2D eigenvalue weighted by Gasteiger charge is -2.33. The summed E-state index contributed by atoms with van der Waals surface area (Å²) in [5.74, 6) is -1.60. The zero-order chi connectivity index (χ0) is 19.8. The van der Waals surface area contributed by atoms with Crippen molar-refractivity contribution in [2.45, 2.75) is 25.2 Å². The Balaban J connectivity index is 1.66. The number of piperidine rings is 1.